The van der Waals surface area contributed by atoms with Gasteiger partial charge in [-0.1, -0.05) is 18.5 Å². The molecule has 1 aromatic rings. The molecule has 7 heteroatoms. The van der Waals surface area contributed by atoms with Crippen molar-refractivity contribution in [1.82, 2.24) is 10.2 Å². The van der Waals surface area contributed by atoms with Gasteiger partial charge in [-0.15, -0.1) is 0 Å². The highest BCUT2D eigenvalue weighted by Crippen LogP contribution is 2.37. The average Bonchev–Trinajstić information content (AvgIpc) is 2.61. The van der Waals surface area contributed by atoms with Crippen LogP contribution in [0.1, 0.15) is 50.4 Å². The zero-order valence-corrected chi connectivity index (χ0v) is 16.4. The number of hydrogen-bond donors (Lipinski definition) is 1. The second kappa shape index (κ2) is 9.67. The number of nitrogens with zero attached hydrogens (tertiary/aromatic N) is 1. The molecule has 1 N–H and O–H groups in total. The van der Waals surface area contributed by atoms with Gasteiger partial charge in [-0.2, -0.15) is 0 Å². The van der Waals surface area contributed by atoms with Gasteiger partial charge in [0.1, 0.15) is 0 Å². The van der Waals surface area contributed by atoms with Crippen molar-refractivity contribution < 1.29 is 19.1 Å². The highest BCUT2D eigenvalue weighted by atomic mass is 35.5. The van der Waals surface area contributed by atoms with Gasteiger partial charge in [0, 0.05) is 31.6 Å². The standard InChI is InChI=1S/C19H27ClN2O4/c1-4-10-26-18-16(20)11-14(12-17(18)25-5-2)19(24)21-15-6-8-22(9-7-15)13(3)23/h11-12,15H,4-10H2,1-3H3,(H,21,24). The van der Waals surface area contributed by atoms with Gasteiger partial charge in [0.25, 0.3) is 5.91 Å². The number of hydrogen-bond acceptors (Lipinski definition) is 4. The molecule has 1 aromatic carbocycles. The van der Waals surface area contributed by atoms with Crippen LogP contribution in [0.4, 0.5) is 0 Å². The zero-order valence-electron chi connectivity index (χ0n) is 15.6. The van der Waals surface area contributed by atoms with Crippen molar-refractivity contribution in [3.05, 3.63) is 22.7 Å². The van der Waals surface area contributed by atoms with Gasteiger partial charge in [0.2, 0.25) is 5.91 Å². The molecule has 26 heavy (non-hydrogen) atoms. The normalized spacial score (nSPS) is 14.8. The quantitative estimate of drug-likeness (QED) is 0.785. The van der Waals surface area contributed by atoms with E-state index in [-0.39, 0.29) is 17.9 Å². The maximum atomic E-state index is 12.6. The van der Waals surface area contributed by atoms with E-state index in [9.17, 15) is 9.59 Å². The largest absolute Gasteiger partial charge is 0.490 e. The monoisotopic (exact) mass is 382 g/mol. The summed E-state index contributed by atoms with van der Waals surface area (Å²) in [6.07, 6.45) is 2.34. The van der Waals surface area contributed by atoms with Gasteiger partial charge < -0.3 is 19.7 Å². The first-order valence-electron chi connectivity index (χ1n) is 9.11. The molecular formula is C19H27ClN2O4. The Morgan fingerprint density at radius 2 is 1.92 bits per heavy atom. The van der Waals surface area contributed by atoms with Crippen LogP contribution < -0.4 is 14.8 Å². The number of ether oxygens (including phenoxy) is 2. The topological polar surface area (TPSA) is 67.9 Å². The second-order valence-electron chi connectivity index (χ2n) is 6.32. The van der Waals surface area contributed by atoms with Crippen molar-refractivity contribution >= 4 is 23.4 Å². The van der Waals surface area contributed by atoms with Crippen LogP contribution in [0.15, 0.2) is 12.1 Å². The molecule has 6 nitrogen and oxygen atoms in total. The van der Waals surface area contributed by atoms with E-state index in [0.717, 1.165) is 19.3 Å². The molecule has 1 heterocycles. The first-order valence-corrected chi connectivity index (χ1v) is 9.49. The molecule has 1 aliphatic heterocycles. The summed E-state index contributed by atoms with van der Waals surface area (Å²) in [4.78, 5) is 25.8. The summed E-state index contributed by atoms with van der Waals surface area (Å²) in [7, 11) is 0. The first-order chi connectivity index (χ1) is 12.5. The Labute approximate surface area is 159 Å². The lowest BCUT2D eigenvalue weighted by atomic mass is 10.0. The molecular weight excluding hydrogens is 356 g/mol. The molecule has 0 aromatic heterocycles. The van der Waals surface area contributed by atoms with Crippen LogP contribution in [0.3, 0.4) is 0 Å². The maximum Gasteiger partial charge on any atom is 0.251 e. The average molecular weight is 383 g/mol. The minimum Gasteiger partial charge on any atom is -0.490 e. The van der Waals surface area contributed by atoms with Crippen molar-refractivity contribution in [2.75, 3.05) is 26.3 Å². The molecule has 144 valence electrons. The molecule has 0 spiro atoms. The van der Waals surface area contributed by atoms with Crippen LogP contribution in [0, 0.1) is 0 Å². The number of rotatable bonds is 7. The molecule has 2 rings (SSSR count). The molecule has 0 bridgehead atoms. The van der Waals surface area contributed by atoms with Crippen molar-refractivity contribution in [1.29, 1.82) is 0 Å². The molecule has 0 atom stereocenters. The predicted molar refractivity (Wildman–Crippen MR) is 101 cm³/mol. The number of benzene rings is 1. The van der Waals surface area contributed by atoms with Gasteiger partial charge in [-0.05, 0) is 38.3 Å². The van der Waals surface area contributed by atoms with Crippen LogP contribution in [0.2, 0.25) is 5.02 Å². The fraction of sp³-hybridized carbons (Fsp3) is 0.579. The SMILES string of the molecule is CCCOc1c(Cl)cc(C(=O)NC2CCN(C(C)=O)CC2)cc1OCC. The highest BCUT2D eigenvalue weighted by molar-refractivity contribution is 6.32. The number of amides is 2. The van der Waals surface area contributed by atoms with Gasteiger partial charge in [-0.3, -0.25) is 9.59 Å². The summed E-state index contributed by atoms with van der Waals surface area (Å²) < 4.78 is 11.3. The van der Waals surface area contributed by atoms with E-state index in [1.807, 2.05) is 13.8 Å². The van der Waals surface area contributed by atoms with E-state index < -0.39 is 0 Å². The minimum atomic E-state index is -0.198. The lowest BCUT2D eigenvalue weighted by molar-refractivity contribution is -0.129. The second-order valence-corrected chi connectivity index (χ2v) is 6.73. The third kappa shape index (κ3) is 5.27. The Balaban J connectivity index is 2.07. The first kappa shape index (κ1) is 20.4. The summed E-state index contributed by atoms with van der Waals surface area (Å²) in [5.41, 5.74) is 0.441. The Morgan fingerprint density at radius 1 is 1.23 bits per heavy atom. The van der Waals surface area contributed by atoms with Gasteiger partial charge in [-0.25, -0.2) is 0 Å². The third-order valence-corrected chi connectivity index (χ3v) is 4.58. The molecule has 0 radical (unpaired) electrons. The fourth-order valence-electron chi connectivity index (χ4n) is 2.91. The number of carbonyl (C=O) groups excluding carboxylic acids is 2. The molecule has 1 saturated heterocycles. The van der Waals surface area contributed by atoms with Gasteiger partial charge in [0.15, 0.2) is 11.5 Å². The van der Waals surface area contributed by atoms with Crippen LogP contribution >= 0.6 is 11.6 Å². The van der Waals surface area contributed by atoms with Crippen LogP contribution in [-0.2, 0) is 4.79 Å². The number of piperidine rings is 1. The van der Waals surface area contributed by atoms with Crippen molar-refractivity contribution in [2.24, 2.45) is 0 Å². The number of nitrogens with one attached hydrogen (secondary N) is 1. The Morgan fingerprint density at radius 3 is 2.50 bits per heavy atom. The smallest absolute Gasteiger partial charge is 0.251 e. The van der Waals surface area contributed by atoms with E-state index in [1.165, 1.54) is 0 Å². The summed E-state index contributed by atoms with van der Waals surface area (Å²) in [5, 5.41) is 3.38. The molecule has 2 amide bonds. The number of likely N-dealkylation sites (tertiary alicyclic amines) is 1. The van der Waals surface area contributed by atoms with E-state index in [1.54, 1.807) is 24.0 Å². The third-order valence-electron chi connectivity index (χ3n) is 4.30. The van der Waals surface area contributed by atoms with Crippen LogP contribution in [-0.4, -0.2) is 49.1 Å². The predicted octanol–water partition coefficient (Wildman–Crippen LogP) is 3.27. The summed E-state index contributed by atoms with van der Waals surface area (Å²) >= 11 is 6.32. The highest BCUT2D eigenvalue weighted by Gasteiger charge is 2.23. The van der Waals surface area contributed by atoms with E-state index in [2.05, 4.69) is 5.32 Å². The van der Waals surface area contributed by atoms with Crippen LogP contribution in [0.5, 0.6) is 11.5 Å². The van der Waals surface area contributed by atoms with Crippen LogP contribution in [0.25, 0.3) is 0 Å². The lowest BCUT2D eigenvalue weighted by Crippen LogP contribution is -2.46. The van der Waals surface area contributed by atoms with E-state index >= 15 is 0 Å². The van der Waals surface area contributed by atoms with Crippen molar-refractivity contribution in [3.63, 3.8) is 0 Å². The van der Waals surface area contributed by atoms with E-state index in [0.29, 0.717) is 48.4 Å². The Kier molecular flexibility index (Phi) is 7.57. The summed E-state index contributed by atoms with van der Waals surface area (Å²) in [5.74, 6) is 0.827. The minimum absolute atomic E-state index is 0.0448. The van der Waals surface area contributed by atoms with Crippen molar-refractivity contribution in [2.45, 2.75) is 46.1 Å². The maximum absolute atomic E-state index is 12.6. The molecule has 0 aliphatic carbocycles. The summed E-state index contributed by atoms with van der Waals surface area (Å²) in [6, 6.07) is 3.32. The number of halogens is 1. The molecule has 0 saturated carbocycles. The zero-order chi connectivity index (χ0) is 19.1. The van der Waals surface area contributed by atoms with E-state index in [4.69, 9.17) is 21.1 Å². The lowest BCUT2D eigenvalue weighted by Gasteiger charge is -2.31. The Bertz CT molecular complexity index is 643. The fourth-order valence-corrected chi connectivity index (χ4v) is 3.18. The van der Waals surface area contributed by atoms with Crippen molar-refractivity contribution in [3.8, 4) is 11.5 Å². The Hall–Kier alpha value is -1.95. The van der Waals surface area contributed by atoms with Gasteiger partial charge in [0.05, 0.1) is 18.2 Å². The molecule has 0 unspecified atom stereocenters. The van der Waals surface area contributed by atoms with Gasteiger partial charge >= 0.3 is 0 Å². The number of carbonyl (C=O) groups is 2. The molecule has 1 fully saturated rings. The molecule has 1 aliphatic rings. The summed E-state index contributed by atoms with van der Waals surface area (Å²) in [6.45, 7) is 7.75.